The number of carbonyl (C=O) groups excluding carboxylic acids is 1. The predicted octanol–water partition coefficient (Wildman–Crippen LogP) is 2.47. The summed E-state index contributed by atoms with van der Waals surface area (Å²) in [6, 6.07) is 0. The highest BCUT2D eigenvalue weighted by Gasteiger charge is 2.25. The maximum absolute atomic E-state index is 11.0. The van der Waals surface area contributed by atoms with Crippen molar-refractivity contribution in [2.24, 2.45) is 5.41 Å². The van der Waals surface area contributed by atoms with Crippen LogP contribution in [0.15, 0.2) is 22.8 Å². The minimum absolute atomic E-state index is 0.0834. The minimum atomic E-state index is -0.994. The van der Waals surface area contributed by atoms with E-state index in [0.717, 1.165) is 6.42 Å². The maximum Gasteiger partial charge on any atom is 0.331 e. The zero-order chi connectivity index (χ0) is 17.3. The second-order valence-corrected chi connectivity index (χ2v) is 6.46. The first-order chi connectivity index (χ1) is 10.1. The number of hydrogen-bond acceptors (Lipinski definition) is 4. The average molecular weight is 312 g/mol. The third kappa shape index (κ3) is 8.10. The molecule has 0 aromatic heterocycles. The standard InChI is InChI=1S/C9H14O.C8H14O4/c1-7-4-8(10)6-9(2,3)5-7;1-6(8(11)12)7(2-4-9)3-5-10/h4H,5-6H2,1-3H3;9-10H,2-5H2,1H3,(H,11,12). The first-order valence-corrected chi connectivity index (χ1v) is 7.46. The Balaban J connectivity index is 0.000000406. The fourth-order valence-corrected chi connectivity index (χ4v) is 2.59. The van der Waals surface area contributed by atoms with Crippen LogP contribution in [0.1, 0.15) is 53.4 Å². The molecule has 0 spiro atoms. The van der Waals surface area contributed by atoms with E-state index in [1.165, 1.54) is 12.5 Å². The summed E-state index contributed by atoms with van der Waals surface area (Å²) >= 11 is 0. The number of hydrogen-bond donors (Lipinski definition) is 3. The molecule has 0 radical (unpaired) electrons. The highest BCUT2D eigenvalue weighted by atomic mass is 16.4. The lowest BCUT2D eigenvalue weighted by atomic mass is 9.77. The molecule has 0 amide bonds. The van der Waals surface area contributed by atoms with Crippen LogP contribution >= 0.6 is 0 Å². The molecule has 0 heterocycles. The van der Waals surface area contributed by atoms with Gasteiger partial charge in [0.15, 0.2) is 5.78 Å². The monoisotopic (exact) mass is 312 g/mol. The third-order valence-corrected chi connectivity index (χ3v) is 3.50. The lowest BCUT2D eigenvalue weighted by Crippen LogP contribution is -2.20. The van der Waals surface area contributed by atoms with Crippen LogP contribution in [0.25, 0.3) is 0 Å². The fraction of sp³-hybridized carbons (Fsp3) is 0.647. The van der Waals surface area contributed by atoms with Crippen molar-refractivity contribution >= 4 is 11.8 Å². The number of carbonyl (C=O) groups is 2. The van der Waals surface area contributed by atoms with Crippen LogP contribution in [0.3, 0.4) is 0 Å². The van der Waals surface area contributed by atoms with Crippen molar-refractivity contribution in [3.8, 4) is 0 Å². The van der Waals surface area contributed by atoms with Gasteiger partial charge in [0.1, 0.15) is 0 Å². The molecule has 1 aliphatic carbocycles. The lowest BCUT2D eigenvalue weighted by Gasteiger charge is -2.27. The van der Waals surface area contributed by atoms with E-state index in [2.05, 4.69) is 13.8 Å². The quantitative estimate of drug-likeness (QED) is 0.678. The van der Waals surface area contributed by atoms with E-state index in [1.807, 2.05) is 6.92 Å². The van der Waals surface area contributed by atoms with Gasteiger partial charge in [0.05, 0.1) is 0 Å². The van der Waals surface area contributed by atoms with Gasteiger partial charge in [0.25, 0.3) is 0 Å². The van der Waals surface area contributed by atoms with Gasteiger partial charge in [-0.25, -0.2) is 4.79 Å². The summed E-state index contributed by atoms with van der Waals surface area (Å²) in [5, 5.41) is 25.8. The molecule has 0 aromatic carbocycles. The molecule has 1 aliphatic rings. The number of aliphatic carboxylic acids is 1. The van der Waals surface area contributed by atoms with Crippen LogP contribution in [-0.2, 0) is 9.59 Å². The number of aliphatic hydroxyl groups is 2. The molecule has 5 heteroatoms. The van der Waals surface area contributed by atoms with Crippen LogP contribution in [0.2, 0.25) is 0 Å². The number of carboxylic acids is 1. The third-order valence-electron chi connectivity index (χ3n) is 3.50. The predicted molar refractivity (Wildman–Crippen MR) is 85.5 cm³/mol. The van der Waals surface area contributed by atoms with Crippen LogP contribution in [0, 0.1) is 5.41 Å². The molecule has 126 valence electrons. The van der Waals surface area contributed by atoms with Gasteiger partial charge in [-0.2, -0.15) is 0 Å². The van der Waals surface area contributed by atoms with Gasteiger partial charge in [-0.3, -0.25) is 4.79 Å². The Bertz CT molecular complexity index is 450. The lowest BCUT2D eigenvalue weighted by molar-refractivity contribution is -0.132. The van der Waals surface area contributed by atoms with E-state index in [1.54, 1.807) is 6.08 Å². The largest absolute Gasteiger partial charge is 0.478 e. The van der Waals surface area contributed by atoms with Crippen molar-refractivity contribution in [3.63, 3.8) is 0 Å². The van der Waals surface area contributed by atoms with Crippen molar-refractivity contribution in [2.45, 2.75) is 53.4 Å². The summed E-state index contributed by atoms with van der Waals surface area (Å²) in [7, 11) is 0. The smallest absolute Gasteiger partial charge is 0.331 e. The molecule has 3 N–H and O–H groups in total. The van der Waals surface area contributed by atoms with E-state index in [-0.39, 0.29) is 30.0 Å². The molecule has 1 rings (SSSR count). The molecule has 5 nitrogen and oxygen atoms in total. The molecule has 22 heavy (non-hydrogen) atoms. The van der Waals surface area contributed by atoms with E-state index in [4.69, 9.17) is 15.3 Å². The second kappa shape index (κ2) is 9.54. The average Bonchev–Trinajstić information content (AvgIpc) is 2.35. The van der Waals surface area contributed by atoms with Gasteiger partial charge in [-0.15, -0.1) is 0 Å². The van der Waals surface area contributed by atoms with Crippen molar-refractivity contribution in [1.29, 1.82) is 0 Å². The van der Waals surface area contributed by atoms with Crippen molar-refractivity contribution < 1.29 is 24.9 Å². The van der Waals surface area contributed by atoms with E-state index >= 15 is 0 Å². The minimum Gasteiger partial charge on any atom is -0.478 e. The molecular weight excluding hydrogens is 284 g/mol. The Morgan fingerprint density at radius 1 is 1.18 bits per heavy atom. The molecule has 0 aromatic rings. The number of aliphatic hydroxyl groups excluding tert-OH is 2. The van der Waals surface area contributed by atoms with Crippen LogP contribution < -0.4 is 0 Å². The van der Waals surface area contributed by atoms with Gasteiger partial charge in [0.2, 0.25) is 0 Å². The van der Waals surface area contributed by atoms with Crippen LogP contribution in [0.5, 0.6) is 0 Å². The molecule has 0 unspecified atom stereocenters. The summed E-state index contributed by atoms with van der Waals surface area (Å²) in [6.45, 7) is 7.62. The number of rotatable bonds is 5. The number of ketones is 1. The Morgan fingerprint density at radius 3 is 2.00 bits per heavy atom. The van der Waals surface area contributed by atoms with Crippen LogP contribution in [-0.4, -0.2) is 40.3 Å². The SMILES string of the molecule is CC(C(=O)O)=C(CCO)CCO.CC1=CC(=O)CC(C)(C)C1. The van der Waals surface area contributed by atoms with Gasteiger partial charge in [0, 0.05) is 25.2 Å². The summed E-state index contributed by atoms with van der Waals surface area (Å²) in [5.41, 5.74) is 2.25. The summed E-state index contributed by atoms with van der Waals surface area (Å²) < 4.78 is 0. The highest BCUT2D eigenvalue weighted by Crippen LogP contribution is 2.32. The maximum atomic E-state index is 11.0. The fourth-order valence-electron chi connectivity index (χ4n) is 2.59. The van der Waals surface area contributed by atoms with E-state index in [0.29, 0.717) is 24.8 Å². The summed E-state index contributed by atoms with van der Waals surface area (Å²) in [6.07, 6.45) is 4.19. The van der Waals surface area contributed by atoms with Gasteiger partial charge in [-0.05, 0) is 44.6 Å². The van der Waals surface area contributed by atoms with E-state index < -0.39 is 5.97 Å². The number of carboxylic acid groups (broad SMARTS) is 1. The molecule has 0 saturated heterocycles. The molecule has 0 bridgehead atoms. The van der Waals surface area contributed by atoms with E-state index in [9.17, 15) is 9.59 Å². The molecule has 0 atom stereocenters. The zero-order valence-electron chi connectivity index (χ0n) is 14.0. The molecule has 0 fully saturated rings. The van der Waals surface area contributed by atoms with Gasteiger partial charge in [-0.1, -0.05) is 25.0 Å². The first kappa shape index (κ1) is 20.5. The Hall–Kier alpha value is -1.46. The van der Waals surface area contributed by atoms with Gasteiger partial charge >= 0.3 is 5.97 Å². The number of allylic oxidation sites excluding steroid dienone is 2. The van der Waals surface area contributed by atoms with Crippen molar-refractivity contribution in [2.75, 3.05) is 13.2 Å². The van der Waals surface area contributed by atoms with Crippen molar-refractivity contribution in [1.82, 2.24) is 0 Å². The highest BCUT2D eigenvalue weighted by molar-refractivity contribution is 5.91. The molecule has 0 aliphatic heterocycles. The van der Waals surface area contributed by atoms with Crippen LogP contribution in [0.4, 0.5) is 0 Å². The Kier molecular flexibility index (Phi) is 8.90. The van der Waals surface area contributed by atoms with Crippen molar-refractivity contribution in [3.05, 3.63) is 22.8 Å². The molecular formula is C17H28O5. The summed E-state index contributed by atoms with van der Waals surface area (Å²) in [5.74, 6) is -0.708. The Labute approximate surface area is 132 Å². The topological polar surface area (TPSA) is 94.8 Å². The first-order valence-electron chi connectivity index (χ1n) is 7.46. The zero-order valence-corrected chi connectivity index (χ0v) is 14.0. The summed E-state index contributed by atoms with van der Waals surface area (Å²) in [4.78, 5) is 21.5. The Morgan fingerprint density at radius 2 is 1.68 bits per heavy atom. The van der Waals surface area contributed by atoms with Gasteiger partial charge < -0.3 is 15.3 Å². The normalized spacial score (nSPS) is 16.3. The molecule has 0 saturated carbocycles. The second-order valence-electron chi connectivity index (χ2n) is 6.46.